The molecule has 0 unspecified atom stereocenters. The third-order valence-electron chi connectivity index (χ3n) is 4.84. The van der Waals surface area contributed by atoms with Crippen molar-refractivity contribution in [1.29, 1.82) is 0 Å². The van der Waals surface area contributed by atoms with Crippen LogP contribution >= 0.6 is 0 Å². The molecule has 1 aromatic heterocycles. The summed E-state index contributed by atoms with van der Waals surface area (Å²) >= 11 is 0. The molecule has 0 radical (unpaired) electrons. The molecule has 9 nitrogen and oxygen atoms in total. The zero-order valence-electron chi connectivity index (χ0n) is 14.4. The van der Waals surface area contributed by atoms with Crippen LogP contribution in [0.15, 0.2) is 42.5 Å². The molecule has 3 heterocycles. The van der Waals surface area contributed by atoms with E-state index in [2.05, 4.69) is 10.2 Å². The monoisotopic (exact) mass is 379 g/mol. The smallest absolute Gasteiger partial charge is 0.313 e. The molecular formula is C19H13N3O6. The average Bonchev–Trinajstić information content (AvgIpc) is 3.33. The number of non-ortho nitro benzene ring substituents is 1. The number of H-pyrrole nitrogens is 1. The van der Waals surface area contributed by atoms with Crippen molar-refractivity contribution in [2.45, 2.75) is 12.3 Å². The van der Waals surface area contributed by atoms with Gasteiger partial charge in [-0.25, -0.2) is 0 Å². The Hall–Kier alpha value is -3.88. The van der Waals surface area contributed by atoms with Crippen molar-refractivity contribution in [2.75, 3.05) is 6.79 Å². The van der Waals surface area contributed by atoms with E-state index in [1.807, 2.05) is 12.1 Å². The lowest BCUT2D eigenvalue weighted by Gasteiger charge is -2.22. The molecule has 0 fully saturated rings. The minimum Gasteiger partial charge on any atom is -0.454 e. The summed E-state index contributed by atoms with van der Waals surface area (Å²) in [6, 6.07) is 11.7. The highest BCUT2D eigenvalue weighted by Crippen LogP contribution is 2.45. The van der Waals surface area contributed by atoms with Gasteiger partial charge in [0.05, 0.1) is 22.6 Å². The van der Waals surface area contributed by atoms with Crippen molar-refractivity contribution < 1.29 is 23.9 Å². The fraction of sp³-hybridized carbons (Fsp3) is 0.158. The molecule has 0 spiro atoms. The number of carbonyl (C=O) groups excluding carboxylic acids is 1. The molecule has 2 aliphatic heterocycles. The van der Waals surface area contributed by atoms with Crippen molar-refractivity contribution in [2.24, 2.45) is 0 Å². The molecule has 0 aliphatic carbocycles. The minimum absolute atomic E-state index is 0.0340. The standard InChI is InChI=1S/C19H13N3O6/c23-16-8-13(10-4-5-14-15(7-10)27-9-26-14)17-18(20-21-19(17)28-16)11-2-1-3-12(6-11)22(24)25/h1-7,13H,8-9H2,(H,20,21)/t13-/m0/s1. The zero-order chi connectivity index (χ0) is 19.3. The number of aromatic amines is 1. The fourth-order valence-corrected chi connectivity index (χ4v) is 3.56. The Morgan fingerprint density at radius 1 is 1.14 bits per heavy atom. The van der Waals surface area contributed by atoms with Crippen LogP contribution < -0.4 is 14.2 Å². The first kappa shape index (κ1) is 16.3. The molecule has 2 aliphatic rings. The molecule has 0 saturated carbocycles. The topological polar surface area (TPSA) is 117 Å². The number of aromatic nitrogens is 2. The molecule has 140 valence electrons. The number of benzene rings is 2. The predicted molar refractivity (Wildman–Crippen MR) is 95.3 cm³/mol. The third-order valence-corrected chi connectivity index (χ3v) is 4.84. The molecule has 1 atom stereocenters. The first-order chi connectivity index (χ1) is 13.6. The van der Waals surface area contributed by atoms with Crippen LogP contribution in [0.5, 0.6) is 17.4 Å². The second kappa shape index (κ2) is 6.08. The second-order valence-corrected chi connectivity index (χ2v) is 6.47. The van der Waals surface area contributed by atoms with E-state index in [0.29, 0.717) is 28.3 Å². The maximum Gasteiger partial charge on any atom is 0.313 e. The van der Waals surface area contributed by atoms with Gasteiger partial charge in [-0.15, -0.1) is 5.10 Å². The van der Waals surface area contributed by atoms with E-state index in [1.54, 1.807) is 18.2 Å². The van der Waals surface area contributed by atoms with Crippen molar-refractivity contribution >= 4 is 11.7 Å². The van der Waals surface area contributed by atoms with Gasteiger partial charge in [-0.05, 0) is 17.7 Å². The Morgan fingerprint density at radius 3 is 2.86 bits per heavy atom. The van der Waals surface area contributed by atoms with Crippen molar-refractivity contribution in [3.05, 3.63) is 63.7 Å². The molecule has 1 N–H and O–H groups in total. The summed E-state index contributed by atoms with van der Waals surface area (Å²) in [6.07, 6.45) is 0.119. The highest BCUT2D eigenvalue weighted by atomic mass is 16.7. The number of nitro groups is 1. The second-order valence-electron chi connectivity index (χ2n) is 6.47. The number of fused-ring (bicyclic) bond motifs is 2. The van der Waals surface area contributed by atoms with Gasteiger partial charge in [0.2, 0.25) is 12.7 Å². The lowest BCUT2D eigenvalue weighted by Crippen LogP contribution is -2.20. The van der Waals surface area contributed by atoms with Crippen LogP contribution in [-0.2, 0) is 4.79 Å². The van der Waals surface area contributed by atoms with E-state index in [1.165, 1.54) is 12.1 Å². The van der Waals surface area contributed by atoms with E-state index in [4.69, 9.17) is 14.2 Å². The average molecular weight is 379 g/mol. The Labute approximate surface area is 158 Å². The maximum absolute atomic E-state index is 12.1. The summed E-state index contributed by atoms with van der Waals surface area (Å²) in [5.74, 6) is 0.707. The summed E-state index contributed by atoms with van der Waals surface area (Å²) in [5, 5.41) is 18.1. The zero-order valence-corrected chi connectivity index (χ0v) is 14.4. The van der Waals surface area contributed by atoms with Gasteiger partial charge in [-0.2, -0.15) is 0 Å². The highest BCUT2D eigenvalue weighted by Gasteiger charge is 2.35. The molecule has 0 saturated heterocycles. The van der Waals surface area contributed by atoms with E-state index < -0.39 is 10.9 Å². The molecule has 5 rings (SSSR count). The summed E-state index contributed by atoms with van der Waals surface area (Å²) in [4.78, 5) is 22.8. The van der Waals surface area contributed by atoms with Crippen LogP contribution in [0.25, 0.3) is 11.3 Å². The maximum atomic E-state index is 12.1. The lowest BCUT2D eigenvalue weighted by atomic mass is 9.85. The van der Waals surface area contributed by atoms with E-state index in [-0.39, 0.29) is 30.7 Å². The number of hydrogen-bond acceptors (Lipinski definition) is 7. The Balaban J connectivity index is 1.64. The van der Waals surface area contributed by atoms with Gasteiger partial charge in [-0.1, -0.05) is 18.2 Å². The molecular weight excluding hydrogens is 366 g/mol. The SMILES string of the molecule is O=C1C[C@@H](c2ccc3c(c2)OCO3)c2c(n[nH]c2-c2cccc([N+](=O)[O-])c2)O1. The first-order valence-electron chi connectivity index (χ1n) is 8.53. The molecule has 0 amide bonds. The largest absolute Gasteiger partial charge is 0.454 e. The number of esters is 1. The van der Waals surface area contributed by atoms with Gasteiger partial charge in [0.15, 0.2) is 11.5 Å². The van der Waals surface area contributed by atoms with Gasteiger partial charge < -0.3 is 14.2 Å². The number of rotatable bonds is 3. The fourth-order valence-electron chi connectivity index (χ4n) is 3.56. The quantitative estimate of drug-likeness (QED) is 0.422. The van der Waals surface area contributed by atoms with Crippen molar-refractivity contribution in [1.82, 2.24) is 10.2 Å². The number of nitrogens with zero attached hydrogens (tertiary/aromatic N) is 2. The van der Waals surface area contributed by atoms with Gasteiger partial charge >= 0.3 is 5.97 Å². The number of carbonyl (C=O) groups is 1. The summed E-state index contributed by atoms with van der Waals surface area (Å²) in [6.45, 7) is 0.154. The van der Waals surface area contributed by atoms with Gasteiger partial charge in [0.1, 0.15) is 0 Å². The van der Waals surface area contributed by atoms with Gasteiger partial charge in [-0.3, -0.25) is 20.0 Å². The van der Waals surface area contributed by atoms with Crippen LogP contribution in [-0.4, -0.2) is 27.9 Å². The number of ether oxygens (including phenoxy) is 3. The first-order valence-corrected chi connectivity index (χ1v) is 8.53. The summed E-state index contributed by atoms with van der Waals surface area (Å²) in [5.41, 5.74) is 2.66. The van der Waals surface area contributed by atoms with E-state index in [9.17, 15) is 14.9 Å². The van der Waals surface area contributed by atoms with Crippen molar-refractivity contribution in [3.63, 3.8) is 0 Å². The molecule has 2 aromatic carbocycles. The normalized spacial score (nSPS) is 17.1. The van der Waals surface area contributed by atoms with Gasteiger partial charge in [0.25, 0.3) is 5.69 Å². The number of nitrogens with one attached hydrogen (secondary N) is 1. The van der Waals surface area contributed by atoms with Gasteiger partial charge in [0, 0.05) is 23.6 Å². The van der Waals surface area contributed by atoms with Crippen LogP contribution in [0.4, 0.5) is 5.69 Å². The molecule has 28 heavy (non-hydrogen) atoms. The van der Waals surface area contributed by atoms with Crippen LogP contribution in [0.3, 0.4) is 0 Å². The molecule has 3 aromatic rings. The minimum atomic E-state index is -0.457. The Bertz CT molecular complexity index is 1120. The lowest BCUT2D eigenvalue weighted by molar-refractivity contribution is -0.384. The van der Waals surface area contributed by atoms with Crippen LogP contribution in [0, 0.1) is 10.1 Å². The number of hydrogen-bond donors (Lipinski definition) is 1. The predicted octanol–water partition coefficient (Wildman–Crippen LogP) is 3.15. The van der Waals surface area contributed by atoms with Crippen molar-refractivity contribution in [3.8, 4) is 28.6 Å². The molecule has 0 bridgehead atoms. The summed E-state index contributed by atoms with van der Waals surface area (Å²) in [7, 11) is 0. The summed E-state index contributed by atoms with van der Waals surface area (Å²) < 4.78 is 16.1. The van der Waals surface area contributed by atoms with E-state index >= 15 is 0 Å². The third kappa shape index (κ3) is 2.56. The van der Waals surface area contributed by atoms with Crippen LogP contribution in [0.2, 0.25) is 0 Å². The number of nitro benzene ring substituents is 1. The Kier molecular flexibility index (Phi) is 3.54. The van der Waals surface area contributed by atoms with Crippen LogP contribution in [0.1, 0.15) is 23.5 Å². The Morgan fingerprint density at radius 2 is 2.00 bits per heavy atom. The van der Waals surface area contributed by atoms with E-state index in [0.717, 1.165) is 5.56 Å². The molecule has 9 heteroatoms. The highest BCUT2D eigenvalue weighted by molar-refractivity contribution is 5.80.